The minimum Gasteiger partial charge on any atom is -0.450 e. The molecule has 0 aromatic rings. The lowest BCUT2D eigenvalue weighted by Gasteiger charge is -2.33. The van der Waals surface area contributed by atoms with Crippen LogP contribution in [0.5, 0.6) is 0 Å². The summed E-state index contributed by atoms with van der Waals surface area (Å²) in [5.41, 5.74) is 0. The van der Waals surface area contributed by atoms with Gasteiger partial charge in [0, 0.05) is 64.5 Å². The van der Waals surface area contributed by atoms with Gasteiger partial charge < -0.3 is 25.4 Å². The third-order valence-electron chi connectivity index (χ3n) is 4.45. The number of carbonyl (C=O) groups excluding carboxylic acids is 1. The first kappa shape index (κ1) is 17.5. The highest BCUT2D eigenvalue weighted by molar-refractivity contribution is 5.68. The van der Waals surface area contributed by atoms with E-state index in [-0.39, 0.29) is 6.09 Å². The number of ether oxygens (including phenoxy) is 1. The molecule has 3 aliphatic heterocycles. The van der Waals surface area contributed by atoms with Crippen LogP contribution in [0.25, 0.3) is 0 Å². The fourth-order valence-electron chi connectivity index (χ4n) is 3.22. The standard InChI is InChI=1S/C9H16N2O2.C6H14N2O/c1-2-13-9(12)11-6-5-10-4-3-8(11)7-10;9-4-1-6-5-7-2-3-8-6/h8H,2-7H2,1H3;6-9H,1-5H2. The van der Waals surface area contributed by atoms with Crippen molar-refractivity contribution in [2.75, 3.05) is 59.0 Å². The maximum Gasteiger partial charge on any atom is 0.410 e. The van der Waals surface area contributed by atoms with Crippen LogP contribution in [-0.2, 0) is 4.74 Å². The molecule has 7 heteroatoms. The maximum atomic E-state index is 11.5. The van der Waals surface area contributed by atoms with Gasteiger partial charge >= 0.3 is 6.09 Å². The Hall–Kier alpha value is -0.890. The van der Waals surface area contributed by atoms with Gasteiger partial charge in [0.15, 0.2) is 0 Å². The van der Waals surface area contributed by atoms with Crippen LogP contribution in [0.15, 0.2) is 0 Å². The highest BCUT2D eigenvalue weighted by atomic mass is 16.6. The molecule has 0 aromatic heterocycles. The highest BCUT2D eigenvalue weighted by Gasteiger charge is 2.35. The summed E-state index contributed by atoms with van der Waals surface area (Å²) in [7, 11) is 0. The molecule has 0 radical (unpaired) electrons. The number of rotatable bonds is 3. The Labute approximate surface area is 133 Å². The van der Waals surface area contributed by atoms with Crippen LogP contribution in [0.3, 0.4) is 0 Å². The van der Waals surface area contributed by atoms with Crippen molar-refractivity contribution in [3.05, 3.63) is 0 Å². The zero-order valence-electron chi connectivity index (χ0n) is 13.6. The molecule has 3 rings (SSSR count). The molecule has 3 atom stereocenters. The lowest BCUT2D eigenvalue weighted by Crippen LogP contribution is -2.49. The third-order valence-corrected chi connectivity index (χ3v) is 4.45. The summed E-state index contributed by atoms with van der Waals surface area (Å²) >= 11 is 0. The number of fused-ring (bicyclic) bond motifs is 2. The van der Waals surface area contributed by atoms with Crippen molar-refractivity contribution >= 4 is 6.09 Å². The number of nitrogens with zero attached hydrogens (tertiary/aromatic N) is 2. The van der Waals surface area contributed by atoms with Crippen LogP contribution in [0, 0.1) is 0 Å². The first-order chi connectivity index (χ1) is 10.7. The molecule has 0 aromatic carbocycles. The SMILES string of the molecule is CCOC(=O)N1CCN2CCC1C2.OCCC1CNCCN1. The largest absolute Gasteiger partial charge is 0.450 e. The van der Waals surface area contributed by atoms with E-state index in [0.717, 1.165) is 58.7 Å². The minimum absolute atomic E-state index is 0.131. The lowest BCUT2D eigenvalue weighted by atomic mass is 10.2. The molecule has 3 aliphatic rings. The summed E-state index contributed by atoms with van der Waals surface area (Å²) in [4.78, 5) is 15.8. The van der Waals surface area contributed by atoms with Gasteiger partial charge in [-0.1, -0.05) is 0 Å². The fraction of sp³-hybridized carbons (Fsp3) is 0.933. The first-order valence-electron chi connectivity index (χ1n) is 8.45. The minimum atomic E-state index is -0.131. The number of hydrogen-bond donors (Lipinski definition) is 3. The molecule has 0 aliphatic carbocycles. The normalized spacial score (nSPS) is 30.5. The maximum absolute atomic E-state index is 11.5. The van der Waals surface area contributed by atoms with Crippen molar-refractivity contribution < 1.29 is 14.6 Å². The third kappa shape index (κ3) is 5.08. The molecule has 3 heterocycles. The zero-order chi connectivity index (χ0) is 15.8. The van der Waals surface area contributed by atoms with Gasteiger partial charge in [0.05, 0.1) is 6.61 Å². The summed E-state index contributed by atoms with van der Waals surface area (Å²) < 4.78 is 5.00. The fourth-order valence-corrected chi connectivity index (χ4v) is 3.22. The molecule has 3 N–H and O–H groups in total. The van der Waals surface area contributed by atoms with Gasteiger partial charge in [-0.25, -0.2) is 4.79 Å². The first-order valence-corrected chi connectivity index (χ1v) is 8.45. The van der Waals surface area contributed by atoms with E-state index in [1.165, 1.54) is 0 Å². The van der Waals surface area contributed by atoms with E-state index < -0.39 is 0 Å². The van der Waals surface area contributed by atoms with Crippen molar-refractivity contribution in [3.63, 3.8) is 0 Å². The topological polar surface area (TPSA) is 77.1 Å². The van der Waals surface area contributed by atoms with Crippen LogP contribution in [0.4, 0.5) is 4.79 Å². The molecular formula is C15H30N4O3. The molecule has 3 unspecified atom stereocenters. The van der Waals surface area contributed by atoms with Gasteiger partial charge in [0.1, 0.15) is 0 Å². The second kappa shape index (κ2) is 9.29. The van der Waals surface area contributed by atoms with E-state index >= 15 is 0 Å². The van der Waals surface area contributed by atoms with Crippen molar-refractivity contribution in [2.45, 2.75) is 31.8 Å². The van der Waals surface area contributed by atoms with Gasteiger partial charge in [-0.05, 0) is 19.8 Å². The van der Waals surface area contributed by atoms with Crippen LogP contribution < -0.4 is 10.6 Å². The molecule has 0 saturated carbocycles. The Morgan fingerprint density at radius 1 is 1.32 bits per heavy atom. The molecular weight excluding hydrogens is 284 g/mol. The van der Waals surface area contributed by atoms with Gasteiger partial charge in [0.2, 0.25) is 0 Å². The summed E-state index contributed by atoms with van der Waals surface area (Å²) in [5.74, 6) is 0. The summed E-state index contributed by atoms with van der Waals surface area (Å²) in [6, 6.07) is 0.900. The predicted octanol–water partition coefficient (Wildman–Crippen LogP) is -0.537. The molecule has 22 heavy (non-hydrogen) atoms. The summed E-state index contributed by atoms with van der Waals surface area (Å²) in [6.07, 6.45) is 1.85. The summed E-state index contributed by atoms with van der Waals surface area (Å²) in [5, 5.41) is 15.1. The zero-order valence-corrected chi connectivity index (χ0v) is 13.6. The van der Waals surface area contributed by atoms with E-state index in [1.807, 2.05) is 11.8 Å². The molecule has 128 valence electrons. The van der Waals surface area contributed by atoms with Gasteiger partial charge in [-0.2, -0.15) is 0 Å². The Balaban J connectivity index is 0.000000172. The number of amides is 1. The van der Waals surface area contributed by atoms with Crippen LogP contribution in [0.2, 0.25) is 0 Å². The van der Waals surface area contributed by atoms with E-state index in [1.54, 1.807) is 0 Å². The number of nitrogens with one attached hydrogen (secondary N) is 2. The molecule has 3 saturated heterocycles. The van der Waals surface area contributed by atoms with E-state index in [4.69, 9.17) is 9.84 Å². The number of carbonyl (C=O) groups is 1. The van der Waals surface area contributed by atoms with Gasteiger partial charge in [-0.3, -0.25) is 4.90 Å². The predicted molar refractivity (Wildman–Crippen MR) is 84.9 cm³/mol. The molecule has 7 nitrogen and oxygen atoms in total. The smallest absolute Gasteiger partial charge is 0.410 e. The van der Waals surface area contributed by atoms with Crippen molar-refractivity contribution in [1.29, 1.82) is 0 Å². The Bertz CT molecular complexity index is 334. The van der Waals surface area contributed by atoms with Gasteiger partial charge in [0.25, 0.3) is 0 Å². The van der Waals surface area contributed by atoms with Crippen molar-refractivity contribution in [3.8, 4) is 0 Å². The number of aliphatic hydroxyl groups excluding tert-OH is 1. The highest BCUT2D eigenvalue weighted by Crippen LogP contribution is 2.20. The average Bonchev–Trinajstić information content (AvgIpc) is 2.91. The number of aliphatic hydroxyl groups is 1. The lowest BCUT2D eigenvalue weighted by molar-refractivity contribution is 0.0755. The Kier molecular flexibility index (Phi) is 7.38. The van der Waals surface area contributed by atoms with Crippen LogP contribution in [0.1, 0.15) is 19.8 Å². The molecule has 0 spiro atoms. The Morgan fingerprint density at radius 3 is 2.86 bits per heavy atom. The van der Waals surface area contributed by atoms with E-state index in [2.05, 4.69) is 15.5 Å². The quantitative estimate of drug-likeness (QED) is 0.650. The average molecular weight is 314 g/mol. The van der Waals surface area contributed by atoms with E-state index in [9.17, 15) is 4.79 Å². The van der Waals surface area contributed by atoms with Crippen LogP contribution in [-0.4, -0.2) is 92.1 Å². The van der Waals surface area contributed by atoms with Crippen LogP contribution >= 0.6 is 0 Å². The van der Waals surface area contributed by atoms with Gasteiger partial charge in [-0.15, -0.1) is 0 Å². The molecule has 3 fully saturated rings. The Morgan fingerprint density at radius 2 is 2.18 bits per heavy atom. The second-order valence-corrected chi connectivity index (χ2v) is 6.00. The molecule has 1 amide bonds. The monoisotopic (exact) mass is 314 g/mol. The van der Waals surface area contributed by atoms with Crippen molar-refractivity contribution in [1.82, 2.24) is 20.4 Å². The number of hydrogen-bond acceptors (Lipinski definition) is 6. The second-order valence-electron chi connectivity index (χ2n) is 6.00. The molecule has 2 bridgehead atoms. The van der Waals surface area contributed by atoms with E-state index in [0.29, 0.717) is 25.3 Å². The van der Waals surface area contributed by atoms with Crippen molar-refractivity contribution in [2.24, 2.45) is 0 Å². The summed E-state index contributed by atoms with van der Waals surface area (Å²) in [6.45, 7) is 9.74. The number of piperazine rings is 2.